The van der Waals surface area contributed by atoms with E-state index in [2.05, 4.69) is 10.5 Å². The summed E-state index contributed by atoms with van der Waals surface area (Å²) in [6, 6.07) is 8.60. The van der Waals surface area contributed by atoms with E-state index in [9.17, 15) is 14.9 Å². The molecule has 0 atom stereocenters. The zero-order valence-corrected chi connectivity index (χ0v) is 14.1. The van der Waals surface area contributed by atoms with E-state index in [0.29, 0.717) is 29.9 Å². The lowest BCUT2D eigenvalue weighted by Crippen LogP contribution is -2.19. The number of aryl methyl sites for hydroxylation is 1. The Morgan fingerprint density at radius 3 is 2.81 bits per heavy atom. The highest BCUT2D eigenvalue weighted by atomic mass is 16.6. The number of methoxy groups -OCH3 is 1. The van der Waals surface area contributed by atoms with Crippen molar-refractivity contribution in [1.29, 1.82) is 0 Å². The van der Waals surface area contributed by atoms with Crippen LogP contribution in [0.1, 0.15) is 29.7 Å². The molecule has 0 saturated heterocycles. The Bertz CT molecular complexity index is 881. The molecule has 2 aromatic rings. The molecule has 1 amide bonds. The lowest BCUT2D eigenvalue weighted by atomic mass is 9.97. The summed E-state index contributed by atoms with van der Waals surface area (Å²) in [6.07, 6.45) is 5.02. The fourth-order valence-electron chi connectivity index (χ4n) is 2.65. The minimum atomic E-state index is -0.577. The lowest BCUT2D eigenvalue weighted by Gasteiger charge is -2.11. The van der Waals surface area contributed by atoms with Crippen LogP contribution in [0.3, 0.4) is 0 Å². The van der Waals surface area contributed by atoms with Gasteiger partial charge in [-0.25, -0.2) is 5.43 Å². The number of hydrogen-bond acceptors (Lipinski definition) is 6. The van der Waals surface area contributed by atoms with Crippen molar-refractivity contribution in [3.63, 3.8) is 0 Å². The highest BCUT2D eigenvalue weighted by Gasteiger charge is 2.25. The minimum Gasteiger partial charge on any atom is -0.497 e. The van der Waals surface area contributed by atoms with Crippen LogP contribution < -0.4 is 10.2 Å². The number of amides is 1. The number of ether oxygens (including phenoxy) is 1. The molecule has 134 valence electrons. The van der Waals surface area contributed by atoms with Crippen LogP contribution >= 0.6 is 0 Å². The normalized spacial score (nSPS) is 15.0. The first-order chi connectivity index (χ1) is 12.6. The first kappa shape index (κ1) is 17.4. The second-order valence-corrected chi connectivity index (χ2v) is 5.67. The molecule has 1 aromatic heterocycles. The molecule has 1 heterocycles. The second kappa shape index (κ2) is 7.64. The van der Waals surface area contributed by atoms with Crippen LogP contribution in [0.5, 0.6) is 5.75 Å². The largest absolute Gasteiger partial charge is 0.497 e. The molecule has 26 heavy (non-hydrogen) atoms. The molecule has 1 N–H and O–H groups in total. The van der Waals surface area contributed by atoms with Gasteiger partial charge in [-0.15, -0.1) is 0 Å². The van der Waals surface area contributed by atoms with Gasteiger partial charge in [0.1, 0.15) is 16.4 Å². The van der Waals surface area contributed by atoms with Gasteiger partial charge in [0.2, 0.25) is 0 Å². The van der Waals surface area contributed by atoms with Crippen molar-refractivity contribution in [2.24, 2.45) is 5.10 Å². The summed E-state index contributed by atoms with van der Waals surface area (Å²) >= 11 is 0. The third-order valence-corrected chi connectivity index (χ3v) is 3.95. The summed E-state index contributed by atoms with van der Waals surface area (Å²) in [7, 11) is 1.59. The highest BCUT2D eigenvalue weighted by Crippen LogP contribution is 2.28. The number of nitrogens with zero attached hydrogens (tertiary/aromatic N) is 2. The topological polar surface area (TPSA) is 107 Å². The van der Waals surface area contributed by atoms with Gasteiger partial charge in [0, 0.05) is 18.1 Å². The molecule has 0 bridgehead atoms. The van der Waals surface area contributed by atoms with Gasteiger partial charge in [0.05, 0.1) is 18.9 Å². The Labute approximate surface area is 149 Å². The molecular formula is C18H17N3O5. The fourth-order valence-corrected chi connectivity index (χ4v) is 2.65. The monoisotopic (exact) mass is 355 g/mol. The number of fused-ring (bicyclic) bond motifs is 1. The Balaban J connectivity index is 1.67. The van der Waals surface area contributed by atoms with Crippen molar-refractivity contribution in [2.45, 2.75) is 19.3 Å². The van der Waals surface area contributed by atoms with Crippen molar-refractivity contribution < 1.29 is 18.9 Å². The van der Waals surface area contributed by atoms with Crippen molar-refractivity contribution >= 4 is 23.6 Å². The van der Waals surface area contributed by atoms with Crippen molar-refractivity contribution in [3.05, 3.63) is 63.4 Å². The first-order valence-corrected chi connectivity index (χ1v) is 8.03. The number of nitrogens with one attached hydrogen (secondary N) is 1. The number of carbonyl (C=O) groups excluding carboxylic acids is 1. The van der Waals surface area contributed by atoms with Crippen molar-refractivity contribution in [2.75, 3.05) is 7.11 Å². The Hall–Kier alpha value is -3.42. The standard InChI is InChI=1S/C18H17N3O5/c1-25-13-8-5-12(6-9-13)7-10-17(22)20-19-15-3-2-4-16-14(15)11-18(26-16)21(23)24/h5-11H,2-4H2,1H3,(H,20,22)/b10-7+,19-15+. The summed E-state index contributed by atoms with van der Waals surface area (Å²) in [5.41, 5.74) is 4.46. The third-order valence-electron chi connectivity index (χ3n) is 3.95. The minimum absolute atomic E-state index is 0.310. The van der Waals surface area contributed by atoms with E-state index in [4.69, 9.17) is 9.15 Å². The van der Waals surface area contributed by atoms with E-state index >= 15 is 0 Å². The zero-order chi connectivity index (χ0) is 18.5. The number of carbonyl (C=O) groups is 1. The van der Waals surface area contributed by atoms with E-state index < -0.39 is 10.8 Å². The summed E-state index contributed by atoms with van der Waals surface area (Å²) in [5, 5.41) is 14.9. The predicted octanol–water partition coefficient (Wildman–Crippen LogP) is 3.07. The quantitative estimate of drug-likeness (QED) is 0.504. The van der Waals surface area contributed by atoms with Gasteiger partial charge in [-0.1, -0.05) is 12.1 Å². The van der Waals surface area contributed by atoms with Crippen LogP contribution in [0.15, 0.2) is 45.9 Å². The second-order valence-electron chi connectivity index (χ2n) is 5.67. The average Bonchev–Trinajstić information content (AvgIpc) is 3.10. The number of benzene rings is 1. The number of hydrazone groups is 1. The SMILES string of the molecule is COc1ccc(/C=C/C(=O)N/N=C2\CCCc3oc([N+](=O)[O-])cc32)cc1. The van der Waals surface area contributed by atoms with Crippen LogP contribution in [0, 0.1) is 10.1 Å². The van der Waals surface area contributed by atoms with Gasteiger partial charge >= 0.3 is 5.88 Å². The van der Waals surface area contributed by atoms with E-state index in [-0.39, 0.29) is 5.88 Å². The molecule has 0 spiro atoms. The van der Waals surface area contributed by atoms with Crippen LogP contribution in [-0.2, 0) is 11.2 Å². The first-order valence-electron chi connectivity index (χ1n) is 8.03. The summed E-state index contributed by atoms with van der Waals surface area (Å²) in [6.45, 7) is 0. The third kappa shape index (κ3) is 3.97. The molecule has 1 aliphatic rings. The van der Waals surface area contributed by atoms with Gasteiger partial charge in [-0.2, -0.15) is 5.10 Å². The molecule has 8 nitrogen and oxygen atoms in total. The molecule has 3 rings (SSSR count). The van der Waals surface area contributed by atoms with Crippen molar-refractivity contribution in [1.82, 2.24) is 5.43 Å². The summed E-state index contributed by atoms with van der Waals surface area (Å²) < 4.78 is 10.3. The van der Waals surface area contributed by atoms with E-state index in [1.807, 2.05) is 12.1 Å². The molecule has 1 aromatic carbocycles. The van der Waals surface area contributed by atoms with Gasteiger partial charge in [0.15, 0.2) is 0 Å². The molecular weight excluding hydrogens is 338 g/mol. The van der Waals surface area contributed by atoms with Gasteiger partial charge < -0.3 is 9.15 Å². The molecule has 0 fully saturated rings. The Kier molecular flexibility index (Phi) is 5.12. The average molecular weight is 355 g/mol. The van der Waals surface area contributed by atoms with Crippen LogP contribution in [0.2, 0.25) is 0 Å². The predicted molar refractivity (Wildman–Crippen MR) is 95.0 cm³/mol. The van der Waals surface area contributed by atoms with Crippen LogP contribution in [0.4, 0.5) is 5.88 Å². The number of rotatable bonds is 5. The lowest BCUT2D eigenvalue weighted by molar-refractivity contribution is -0.402. The smallest absolute Gasteiger partial charge is 0.433 e. The van der Waals surface area contributed by atoms with Crippen molar-refractivity contribution in [3.8, 4) is 5.75 Å². The zero-order valence-electron chi connectivity index (χ0n) is 14.1. The summed E-state index contributed by atoms with van der Waals surface area (Å²) in [4.78, 5) is 22.2. The maximum absolute atomic E-state index is 11.9. The van der Waals surface area contributed by atoms with Gasteiger partial charge in [-0.05, 0) is 36.6 Å². The number of hydrogen-bond donors (Lipinski definition) is 1. The maximum Gasteiger partial charge on any atom is 0.433 e. The maximum atomic E-state index is 11.9. The van der Waals surface area contributed by atoms with Gasteiger partial charge in [-0.3, -0.25) is 14.9 Å². The molecule has 8 heteroatoms. The number of furan rings is 1. The van der Waals surface area contributed by atoms with Gasteiger partial charge in [0.25, 0.3) is 5.91 Å². The Morgan fingerprint density at radius 2 is 2.12 bits per heavy atom. The van der Waals surface area contributed by atoms with E-state index in [1.165, 1.54) is 12.1 Å². The Morgan fingerprint density at radius 1 is 1.35 bits per heavy atom. The molecule has 0 radical (unpaired) electrons. The van der Waals surface area contributed by atoms with Crippen LogP contribution in [0.25, 0.3) is 6.08 Å². The number of nitro groups is 1. The molecule has 0 unspecified atom stereocenters. The molecule has 1 aliphatic carbocycles. The fraction of sp³-hybridized carbons (Fsp3) is 0.222. The highest BCUT2D eigenvalue weighted by molar-refractivity contribution is 6.03. The van der Waals surface area contributed by atoms with E-state index in [1.54, 1.807) is 25.3 Å². The van der Waals surface area contributed by atoms with E-state index in [0.717, 1.165) is 17.7 Å². The molecule has 0 saturated carbocycles. The van der Waals surface area contributed by atoms with Crippen LogP contribution in [-0.4, -0.2) is 23.7 Å². The summed E-state index contributed by atoms with van der Waals surface area (Å²) in [5.74, 6) is 0.568. The molecule has 0 aliphatic heterocycles.